The van der Waals surface area contributed by atoms with Gasteiger partial charge in [0.1, 0.15) is 24.7 Å². The number of benzene rings is 3. The second-order valence-corrected chi connectivity index (χ2v) is 7.56. The van der Waals surface area contributed by atoms with Crippen molar-refractivity contribution >= 4 is 17.5 Å². The van der Waals surface area contributed by atoms with Crippen molar-refractivity contribution in [3.05, 3.63) is 90.0 Å². The molecule has 6 heteroatoms. The van der Waals surface area contributed by atoms with E-state index < -0.39 is 0 Å². The molecule has 0 saturated heterocycles. The summed E-state index contributed by atoms with van der Waals surface area (Å²) in [5, 5.41) is 2.89. The quantitative estimate of drug-likeness (QED) is 0.585. The molecule has 0 atom stereocenters. The maximum Gasteiger partial charge on any atom is 0.227 e. The second kappa shape index (κ2) is 10.5. The van der Waals surface area contributed by atoms with E-state index in [-0.39, 0.29) is 24.7 Å². The minimum atomic E-state index is -0.142. The molecule has 32 heavy (non-hydrogen) atoms. The number of carbonyl (C=O) groups excluding carboxylic acids is 2. The molecule has 0 aliphatic carbocycles. The third-order valence-electron chi connectivity index (χ3n) is 5.26. The Bertz CT molecular complexity index is 1050. The zero-order valence-corrected chi connectivity index (χ0v) is 17.8. The van der Waals surface area contributed by atoms with Gasteiger partial charge in [-0.05, 0) is 35.4 Å². The molecule has 3 aromatic rings. The fraction of sp³-hybridized carbons (Fsp3) is 0.231. The number of para-hydroxylation sites is 3. The van der Waals surface area contributed by atoms with E-state index in [0.717, 1.165) is 22.6 Å². The van der Waals surface area contributed by atoms with Crippen LogP contribution in [0.4, 0.5) is 5.69 Å². The van der Waals surface area contributed by atoms with E-state index in [1.54, 1.807) is 4.90 Å². The summed E-state index contributed by atoms with van der Waals surface area (Å²) in [7, 11) is 0. The molecule has 0 bridgehead atoms. The summed E-state index contributed by atoms with van der Waals surface area (Å²) in [6, 6.07) is 25.1. The average molecular weight is 431 g/mol. The van der Waals surface area contributed by atoms with Gasteiger partial charge in [-0.3, -0.25) is 9.59 Å². The van der Waals surface area contributed by atoms with Crippen molar-refractivity contribution in [2.75, 3.05) is 18.1 Å². The normalized spacial score (nSPS) is 12.4. The van der Waals surface area contributed by atoms with Crippen molar-refractivity contribution in [2.24, 2.45) is 0 Å². The third-order valence-corrected chi connectivity index (χ3v) is 5.26. The number of fused-ring (bicyclic) bond motifs is 1. The monoisotopic (exact) mass is 430 g/mol. The van der Waals surface area contributed by atoms with Gasteiger partial charge in [0.05, 0.1) is 12.2 Å². The van der Waals surface area contributed by atoms with Crippen molar-refractivity contribution in [1.82, 2.24) is 5.32 Å². The molecule has 4 rings (SSSR count). The first-order valence-corrected chi connectivity index (χ1v) is 10.7. The number of carbonyl (C=O) groups is 2. The molecule has 0 fully saturated rings. The van der Waals surface area contributed by atoms with Gasteiger partial charge in [0.25, 0.3) is 0 Å². The predicted molar refractivity (Wildman–Crippen MR) is 123 cm³/mol. The largest absolute Gasteiger partial charge is 0.490 e. The van der Waals surface area contributed by atoms with Crippen LogP contribution in [0.5, 0.6) is 11.5 Å². The molecule has 1 aliphatic heterocycles. The van der Waals surface area contributed by atoms with E-state index in [0.29, 0.717) is 32.1 Å². The number of ether oxygens (including phenoxy) is 2. The van der Waals surface area contributed by atoms with E-state index in [1.165, 1.54) is 0 Å². The van der Waals surface area contributed by atoms with Gasteiger partial charge in [-0.1, -0.05) is 54.6 Å². The smallest absolute Gasteiger partial charge is 0.227 e. The fourth-order valence-electron chi connectivity index (χ4n) is 3.51. The van der Waals surface area contributed by atoms with Crippen LogP contribution in [0.2, 0.25) is 0 Å². The summed E-state index contributed by atoms with van der Waals surface area (Å²) < 4.78 is 11.3. The lowest BCUT2D eigenvalue weighted by molar-refractivity contribution is -0.125. The lowest BCUT2D eigenvalue weighted by Gasteiger charge is -2.29. The van der Waals surface area contributed by atoms with Gasteiger partial charge >= 0.3 is 0 Å². The van der Waals surface area contributed by atoms with Gasteiger partial charge in [0.15, 0.2) is 0 Å². The van der Waals surface area contributed by atoms with Crippen LogP contribution in [-0.2, 0) is 22.7 Å². The maximum absolute atomic E-state index is 12.6. The second-order valence-electron chi connectivity index (χ2n) is 7.56. The Hall–Kier alpha value is -3.80. The highest BCUT2D eigenvalue weighted by molar-refractivity contribution is 5.97. The van der Waals surface area contributed by atoms with E-state index >= 15 is 0 Å². The van der Waals surface area contributed by atoms with E-state index in [9.17, 15) is 9.59 Å². The van der Waals surface area contributed by atoms with Crippen molar-refractivity contribution in [2.45, 2.75) is 26.0 Å². The zero-order valence-electron chi connectivity index (χ0n) is 17.8. The summed E-state index contributed by atoms with van der Waals surface area (Å²) in [5.41, 5.74) is 2.82. The average Bonchev–Trinajstić information content (AvgIpc) is 2.85. The first-order valence-electron chi connectivity index (χ1n) is 10.7. The standard InChI is InChI=1S/C26H26N2O4/c29-25(14-15-26(30)28-16-17-31-24-9-5-4-8-23(24)28)27-18-20-10-12-21(13-11-20)19-32-22-6-2-1-3-7-22/h1-13H,14-19H2,(H,27,29). The number of nitrogens with zero attached hydrogens (tertiary/aromatic N) is 1. The summed E-state index contributed by atoms with van der Waals surface area (Å²) in [6.07, 6.45) is 0.317. The topological polar surface area (TPSA) is 67.9 Å². The Labute approximate surface area is 187 Å². The zero-order chi connectivity index (χ0) is 22.2. The Balaban J connectivity index is 1.20. The van der Waals surface area contributed by atoms with Crippen LogP contribution in [0.25, 0.3) is 0 Å². The first-order chi connectivity index (χ1) is 15.7. The first kappa shape index (κ1) is 21.4. The molecule has 164 valence electrons. The maximum atomic E-state index is 12.6. The number of rotatable bonds is 8. The molecular formula is C26H26N2O4. The van der Waals surface area contributed by atoms with Gasteiger partial charge < -0.3 is 19.7 Å². The van der Waals surface area contributed by atoms with Crippen LogP contribution in [0, 0.1) is 0 Å². The molecule has 3 aromatic carbocycles. The number of hydrogen-bond donors (Lipinski definition) is 1. The Morgan fingerprint density at radius 3 is 2.41 bits per heavy atom. The van der Waals surface area contributed by atoms with Crippen LogP contribution >= 0.6 is 0 Å². The number of amides is 2. The molecule has 1 aliphatic rings. The van der Waals surface area contributed by atoms with Crippen molar-refractivity contribution in [3.63, 3.8) is 0 Å². The molecule has 0 aromatic heterocycles. The van der Waals surface area contributed by atoms with E-state index in [2.05, 4.69) is 5.32 Å². The predicted octanol–water partition coefficient (Wildman–Crippen LogP) is 4.09. The van der Waals surface area contributed by atoms with Gasteiger partial charge in [-0.25, -0.2) is 0 Å². The van der Waals surface area contributed by atoms with Gasteiger partial charge in [-0.15, -0.1) is 0 Å². The van der Waals surface area contributed by atoms with Crippen molar-refractivity contribution in [3.8, 4) is 11.5 Å². The van der Waals surface area contributed by atoms with Crippen LogP contribution in [-0.4, -0.2) is 25.0 Å². The Kier molecular flexibility index (Phi) is 7.02. The minimum Gasteiger partial charge on any atom is -0.490 e. The summed E-state index contributed by atoms with van der Waals surface area (Å²) in [4.78, 5) is 26.6. The Morgan fingerprint density at radius 2 is 1.59 bits per heavy atom. The molecule has 1 heterocycles. The van der Waals surface area contributed by atoms with Crippen LogP contribution in [0.1, 0.15) is 24.0 Å². The SMILES string of the molecule is O=C(CCC(=O)N1CCOc2ccccc21)NCc1ccc(COc2ccccc2)cc1. The number of hydrogen-bond acceptors (Lipinski definition) is 4. The van der Waals surface area contributed by atoms with Gasteiger partial charge in [0, 0.05) is 19.4 Å². The molecule has 0 radical (unpaired) electrons. The van der Waals surface area contributed by atoms with E-state index in [4.69, 9.17) is 9.47 Å². The molecule has 0 saturated carbocycles. The number of anilines is 1. The molecule has 1 N–H and O–H groups in total. The molecule has 2 amide bonds. The minimum absolute atomic E-state index is 0.0707. The highest BCUT2D eigenvalue weighted by atomic mass is 16.5. The van der Waals surface area contributed by atoms with Crippen LogP contribution < -0.4 is 19.7 Å². The number of nitrogens with one attached hydrogen (secondary N) is 1. The third kappa shape index (κ3) is 5.66. The van der Waals surface area contributed by atoms with Crippen LogP contribution in [0.3, 0.4) is 0 Å². The lowest BCUT2D eigenvalue weighted by Crippen LogP contribution is -2.38. The summed E-state index contributed by atoms with van der Waals surface area (Å²) in [5.74, 6) is 1.32. The molecule has 6 nitrogen and oxygen atoms in total. The Morgan fingerprint density at radius 1 is 0.875 bits per heavy atom. The van der Waals surface area contributed by atoms with Crippen molar-refractivity contribution in [1.29, 1.82) is 0 Å². The van der Waals surface area contributed by atoms with Crippen molar-refractivity contribution < 1.29 is 19.1 Å². The van der Waals surface area contributed by atoms with E-state index in [1.807, 2.05) is 78.9 Å². The fourth-order valence-corrected chi connectivity index (χ4v) is 3.51. The van der Waals surface area contributed by atoms with Gasteiger partial charge in [0.2, 0.25) is 11.8 Å². The summed E-state index contributed by atoms with van der Waals surface area (Å²) >= 11 is 0. The summed E-state index contributed by atoms with van der Waals surface area (Å²) in [6.45, 7) is 1.87. The van der Waals surface area contributed by atoms with Gasteiger partial charge in [-0.2, -0.15) is 0 Å². The highest BCUT2D eigenvalue weighted by Gasteiger charge is 2.23. The lowest BCUT2D eigenvalue weighted by atomic mass is 10.1. The molecular weight excluding hydrogens is 404 g/mol. The molecule has 0 spiro atoms. The molecule has 0 unspecified atom stereocenters. The van der Waals surface area contributed by atoms with Crippen LogP contribution in [0.15, 0.2) is 78.9 Å². The highest BCUT2D eigenvalue weighted by Crippen LogP contribution is 2.31.